The first-order chi connectivity index (χ1) is 16.1. The van der Waals surface area contributed by atoms with Gasteiger partial charge in [0, 0.05) is 24.4 Å². The van der Waals surface area contributed by atoms with E-state index in [1.807, 2.05) is 12.1 Å². The van der Waals surface area contributed by atoms with Gasteiger partial charge in [0.2, 0.25) is 0 Å². The highest BCUT2D eigenvalue weighted by molar-refractivity contribution is 6.13. The molecule has 8 nitrogen and oxygen atoms in total. The number of carbonyl (C=O) groups is 2. The van der Waals surface area contributed by atoms with Crippen LogP contribution in [0.4, 0.5) is 0 Å². The van der Waals surface area contributed by atoms with Gasteiger partial charge in [0.15, 0.2) is 11.6 Å². The van der Waals surface area contributed by atoms with E-state index in [9.17, 15) is 24.3 Å². The Kier molecular flexibility index (Phi) is 4.83. The summed E-state index contributed by atoms with van der Waals surface area (Å²) in [5.41, 5.74) is 0.341. The lowest BCUT2D eigenvalue weighted by atomic mass is 9.50. The Hall–Kier alpha value is -3.68. The number of phenols is 1. The van der Waals surface area contributed by atoms with E-state index in [0.29, 0.717) is 23.1 Å². The molecular weight excluding hydrogens is 434 g/mol. The Morgan fingerprint density at radius 3 is 2.65 bits per heavy atom. The van der Waals surface area contributed by atoms with Gasteiger partial charge in [-0.05, 0) is 42.6 Å². The number of aromatic nitrogens is 3. The number of hydrogen-bond acceptors (Lipinski definition) is 5. The number of ketones is 2. The van der Waals surface area contributed by atoms with Crippen LogP contribution in [0, 0.1) is 11.3 Å². The van der Waals surface area contributed by atoms with Crippen LogP contribution in [0.25, 0.3) is 0 Å². The number of para-hydroxylation sites is 1. The summed E-state index contributed by atoms with van der Waals surface area (Å²) >= 11 is 0. The van der Waals surface area contributed by atoms with Crippen LogP contribution in [0.5, 0.6) is 5.75 Å². The Morgan fingerprint density at radius 1 is 1.21 bits per heavy atom. The van der Waals surface area contributed by atoms with E-state index in [-0.39, 0.29) is 30.3 Å². The van der Waals surface area contributed by atoms with Crippen molar-refractivity contribution >= 4 is 11.6 Å². The van der Waals surface area contributed by atoms with Gasteiger partial charge in [0.1, 0.15) is 5.75 Å². The van der Waals surface area contributed by atoms with Crippen molar-refractivity contribution in [1.29, 1.82) is 0 Å². The van der Waals surface area contributed by atoms with Crippen molar-refractivity contribution in [2.45, 2.75) is 45.2 Å². The van der Waals surface area contributed by atoms with Crippen molar-refractivity contribution in [2.24, 2.45) is 18.4 Å². The molecule has 2 heterocycles. The molecule has 1 aromatic heterocycles. The van der Waals surface area contributed by atoms with E-state index >= 15 is 0 Å². The lowest BCUT2D eigenvalue weighted by molar-refractivity contribution is -0.139. The van der Waals surface area contributed by atoms with Crippen molar-refractivity contribution in [3.63, 3.8) is 0 Å². The fourth-order valence-corrected chi connectivity index (χ4v) is 6.27. The first-order valence-electron chi connectivity index (χ1n) is 11.4. The lowest BCUT2D eigenvalue weighted by Gasteiger charge is -2.52. The predicted molar refractivity (Wildman–Crippen MR) is 126 cm³/mol. The molecule has 0 amide bonds. The number of carbonyl (C=O) groups excluding carboxylic acids is 2. The van der Waals surface area contributed by atoms with Gasteiger partial charge in [-0.25, -0.2) is 23.5 Å². The zero-order valence-corrected chi connectivity index (χ0v) is 19.4. The monoisotopic (exact) mass is 461 g/mol. The first kappa shape index (κ1) is 22.1. The second kappa shape index (κ2) is 7.41. The van der Waals surface area contributed by atoms with Crippen molar-refractivity contribution < 1.29 is 14.7 Å². The fraction of sp³-hybridized carbons (Fsp3) is 0.385. The van der Waals surface area contributed by atoms with Crippen LogP contribution in [0.15, 0.2) is 63.7 Å². The number of nitrogens with zero attached hydrogens (tertiary/aromatic N) is 3. The molecule has 2 aromatic rings. The highest BCUT2D eigenvalue weighted by atomic mass is 16.3. The molecule has 1 N–H and O–H groups in total. The van der Waals surface area contributed by atoms with Crippen LogP contribution >= 0.6 is 0 Å². The number of Topliss-reactive ketones (excluding diaryl/α,β-unsaturated/α-hetero) is 1. The van der Waals surface area contributed by atoms with E-state index < -0.39 is 34.7 Å². The summed E-state index contributed by atoms with van der Waals surface area (Å²) in [7, 11) is 1.43. The normalized spacial score (nSPS) is 27.9. The first-order valence-corrected chi connectivity index (χ1v) is 11.4. The number of rotatable bonds is 3. The molecule has 0 radical (unpaired) electrons. The average molecular weight is 462 g/mol. The second-order valence-electron chi connectivity index (χ2n) is 9.68. The summed E-state index contributed by atoms with van der Waals surface area (Å²) in [6, 6.07) is 4.82. The minimum absolute atomic E-state index is 0.0600. The smallest absolute Gasteiger partial charge is 0.347 e. The van der Waals surface area contributed by atoms with Gasteiger partial charge >= 0.3 is 11.4 Å². The molecule has 1 aliphatic heterocycles. The molecular formula is C26H27N3O5. The molecule has 2 aliphatic carbocycles. The van der Waals surface area contributed by atoms with Crippen LogP contribution in [0.2, 0.25) is 0 Å². The van der Waals surface area contributed by atoms with E-state index in [4.69, 9.17) is 0 Å². The lowest BCUT2D eigenvalue weighted by Crippen LogP contribution is -2.54. The highest BCUT2D eigenvalue weighted by Gasteiger charge is 2.59. The van der Waals surface area contributed by atoms with E-state index in [1.54, 1.807) is 32.1 Å². The van der Waals surface area contributed by atoms with Crippen LogP contribution < -0.4 is 11.4 Å². The van der Waals surface area contributed by atoms with Crippen molar-refractivity contribution in [3.8, 4) is 5.75 Å². The molecule has 176 valence electrons. The predicted octanol–water partition coefficient (Wildman–Crippen LogP) is 2.17. The second-order valence-corrected chi connectivity index (χ2v) is 9.68. The molecule has 0 bridgehead atoms. The van der Waals surface area contributed by atoms with E-state index in [1.165, 1.54) is 22.5 Å². The maximum atomic E-state index is 13.7. The molecule has 1 saturated carbocycles. The van der Waals surface area contributed by atoms with Gasteiger partial charge in [0.25, 0.3) is 0 Å². The zero-order valence-electron chi connectivity index (χ0n) is 19.4. The van der Waals surface area contributed by atoms with Crippen LogP contribution in [-0.2, 0) is 29.6 Å². The third-order valence-electron chi connectivity index (χ3n) is 7.92. The number of hydrogen-bond donors (Lipinski definition) is 1. The van der Waals surface area contributed by atoms with Gasteiger partial charge in [-0.3, -0.25) is 9.59 Å². The van der Waals surface area contributed by atoms with Crippen LogP contribution in [0.3, 0.4) is 0 Å². The van der Waals surface area contributed by atoms with Gasteiger partial charge in [-0.2, -0.15) is 0 Å². The summed E-state index contributed by atoms with van der Waals surface area (Å²) in [5.74, 6) is -1.60. The largest absolute Gasteiger partial charge is 0.507 e. The number of aromatic hydroxyl groups is 1. The molecule has 1 fully saturated rings. The maximum Gasteiger partial charge on any atom is 0.347 e. The van der Waals surface area contributed by atoms with Crippen molar-refractivity contribution in [3.05, 3.63) is 86.2 Å². The Morgan fingerprint density at radius 2 is 1.94 bits per heavy atom. The number of allylic oxidation sites excluding steroid dienone is 5. The quantitative estimate of drug-likeness (QED) is 0.706. The number of fused-ring (bicyclic) bond motifs is 4. The summed E-state index contributed by atoms with van der Waals surface area (Å²) in [5, 5.41) is 11.3. The van der Waals surface area contributed by atoms with Crippen molar-refractivity contribution in [2.75, 3.05) is 0 Å². The Labute approximate surface area is 196 Å². The highest BCUT2D eigenvalue weighted by Crippen LogP contribution is 2.60. The molecule has 8 heteroatoms. The number of phenolic OH excluding ortho intramolecular Hbond substituents is 1. The van der Waals surface area contributed by atoms with Gasteiger partial charge in [-0.15, -0.1) is 6.58 Å². The minimum Gasteiger partial charge on any atom is -0.507 e. The summed E-state index contributed by atoms with van der Waals surface area (Å²) in [4.78, 5) is 52.6. The molecule has 5 rings (SSSR count). The zero-order chi connectivity index (χ0) is 24.5. The van der Waals surface area contributed by atoms with E-state index in [0.717, 1.165) is 10.1 Å². The molecule has 34 heavy (non-hydrogen) atoms. The molecule has 1 aromatic carbocycles. The summed E-state index contributed by atoms with van der Waals surface area (Å²) in [6.45, 7) is 7.37. The molecule has 0 saturated heterocycles. The SMILES string of the molecule is C=CCc1cccc([C@H]2C3=CCn4c(=O)n(C)c(=O)n4[C@@H]3C[C@H]3C(=O)C=C(C)C(=O)[C@@]23C)c1O. The van der Waals surface area contributed by atoms with Crippen molar-refractivity contribution in [1.82, 2.24) is 13.9 Å². The third kappa shape index (κ3) is 2.71. The third-order valence-corrected chi connectivity index (χ3v) is 7.92. The van der Waals surface area contributed by atoms with Gasteiger partial charge in [-0.1, -0.05) is 37.3 Å². The van der Waals surface area contributed by atoms with Gasteiger partial charge in [0.05, 0.1) is 18.0 Å². The fourth-order valence-electron chi connectivity index (χ4n) is 6.27. The topological polar surface area (TPSA) is 103 Å². The average Bonchev–Trinajstić information content (AvgIpc) is 3.03. The maximum absolute atomic E-state index is 13.7. The molecule has 0 unspecified atom stereocenters. The molecule has 3 aliphatic rings. The molecule has 0 spiro atoms. The molecule has 4 atom stereocenters. The summed E-state index contributed by atoms with van der Waals surface area (Å²) in [6.07, 6.45) is 5.63. The van der Waals surface area contributed by atoms with E-state index in [2.05, 4.69) is 6.58 Å². The van der Waals surface area contributed by atoms with Gasteiger partial charge < -0.3 is 5.11 Å². The standard InChI is InChI=1S/C26H27N3O5/c1-5-7-15-8-6-9-17(22(15)31)21-16-10-11-28-24(33)27(4)25(34)29(28)19(16)13-18-20(30)12-14(2)23(32)26(18,21)3/h5-6,8-10,12,18-19,21,31H,1,7,11,13H2,2-4H3/t18-,19+,21+,26+/m0/s1. The Balaban J connectivity index is 1.81. The number of benzene rings is 1. The summed E-state index contributed by atoms with van der Waals surface area (Å²) < 4.78 is 3.85. The van der Waals surface area contributed by atoms with Crippen LogP contribution in [0.1, 0.15) is 43.4 Å². The Bertz CT molecular complexity index is 1450. The van der Waals surface area contributed by atoms with Crippen LogP contribution in [-0.4, -0.2) is 30.6 Å². The minimum atomic E-state index is -1.14.